The first-order chi connectivity index (χ1) is 9.20. The van der Waals surface area contributed by atoms with Crippen LogP contribution < -0.4 is 10.2 Å². The molecule has 1 N–H and O–H groups in total. The van der Waals surface area contributed by atoms with Gasteiger partial charge in [0, 0.05) is 27.6 Å². The van der Waals surface area contributed by atoms with Crippen LogP contribution in [0.1, 0.15) is 32.1 Å². The number of rotatable bonds is 1. The van der Waals surface area contributed by atoms with Crippen molar-refractivity contribution in [3.63, 3.8) is 0 Å². The van der Waals surface area contributed by atoms with Crippen LogP contribution in [0.2, 0.25) is 0 Å². The van der Waals surface area contributed by atoms with Crippen molar-refractivity contribution in [1.29, 1.82) is 0 Å². The lowest BCUT2D eigenvalue weighted by atomic mass is 9.97. The smallest absolute Gasteiger partial charge is 0.0655 e. The zero-order valence-corrected chi connectivity index (χ0v) is 14.3. The highest BCUT2D eigenvalue weighted by Crippen LogP contribution is 2.38. The molecule has 1 aliphatic heterocycles. The molecule has 2 aliphatic rings. The number of nitrogens with one attached hydrogen (secondary N) is 1. The van der Waals surface area contributed by atoms with Gasteiger partial charge in [0.05, 0.1) is 5.69 Å². The zero-order valence-electron chi connectivity index (χ0n) is 11.1. The van der Waals surface area contributed by atoms with Crippen LogP contribution in [0.5, 0.6) is 0 Å². The van der Waals surface area contributed by atoms with Gasteiger partial charge in [-0.15, -0.1) is 0 Å². The lowest BCUT2D eigenvalue weighted by Crippen LogP contribution is -2.49. The molecule has 4 heteroatoms. The summed E-state index contributed by atoms with van der Waals surface area (Å²) in [7, 11) is 0. The highest BCUT2D eigenvalue weighted by Gasteiger charge is 2.37. The first-order valence-electron chi connectivity index (χ1n) is 7.14. The summed E-state index contributed by atoms with van der Waals surface area (Å²) in [5.41, 5.74) is 1.67. The van der Waals surface area contributed by atoms with E-state index in [2.05, 4.69) is 60.3 Å². The van der Waals surface area contributed by atoms with Crippen molar-refractivity contribution in [2.24, 2.45) is 0 Å². The van der Waals surface area contributed by atoms with E-state index < -0.39 is 0 Å². The molecular formula is C15H20Br2N2. The Morgan fingerprint density at radius 1 is 1.05 bits per heavy atom. The van der Waals surface area contributed by atoms with E-state index in [0.29, 0.717) is 5.54 Å². The molecule has 0 amide bonds. The summed E-state index contributed by atoms with van der Waals surface area (Å²) in [5, 5.41) is 3.82. The molecule has 0 aromatic heterocycles. The number of benzene rings is 1. The van der Waals surface area contributed by atoms with E-state index in [1.54, 1.807) is 0 Å². The van der Waals surface area contributed by atoms with Crippen LogP contribution >= 0.6 is 31.9 Å². The van der Waals surface area contributed by atoms with Crippen LogP contribution in [0.25, 0.3) is 0 Å². The topological polar surface area (TPSA) is 15.3 Å². The molecular weight excluding hydrogens is 368 g/mol. The van der Waals surface area contributed by atoms with Gasteiger partial charge in [0.2, 0.25) is 0 Å². The van der Waals surface area contributed by atoms with E-state index >= 15 is 0 Å². The van der Waals surface area contributed by atoms with Gasteiger partial charge < -0.3 is 10.2 Å². The molecule has 1 heterocycles. The monoisotopic (exact) mass is 386 g/mol. The number of nitrogens with zero attached hydrogens (tertiary/aromatic N) is 1. The van der Waals surface area contributed by atoms with Gasteiger partial charge in [0.15, 0.2) is 0 Å². The van der Waals surface area contributed by atoms with Crippen LogP contribution in [0.3, 0.4) is 0 Å². The van der Waals surface area contributed by atoms with Crippen molar-refractivity contribution in [2.45, 2.75) is 37.6 Å². The molecule has 2 nitrogen and oxygen atoms in total. The van der Waals surface area contributed by atoms with Gasteiger partial charge in [-0.05, 0) is 69.8 Å². The Balaban J connectivity index is 1.90. The standard InChI is InChI=1S/C15H20Br2N2/c16-12-5-3-6-13(17)14(12)19-10-4-9-18-15(11-19)7-1-2-8-15/h3,5-6,18H,1-2,4,7-11H2. The second-order valence-corrected chi connectivity index (χ2v) is 7.47. The fourth-order valence-corrected chi connectivity index (χ4v) is 4.99. The molecule has 1 aromatic rings. The SMILES string of the molecule is Brc1cccc(Br)c1N1CCCNC2(CCCC2)C1. The molecule has 1 aliphatic carbocycles. The van der Waals surface area contributed by atoms with E-state index in [0.717, 1.165) is 19.6 Å². The molecule has 1 saturated heterocycles. The van der Waals surface area contributed by atoms with Crippen LogP contribution in [-0.4, -0.2) is 25.2 Å². The zero-order chi connectivity index (χ0) is 13.3. The Kier molecular flexibility index (Phi) is 4.20. The average Bonchev–Trinajstić information content (AvgIpc) is 2.72. The van der Waals surface area contributed by atoms with Crippen molar-refractivity contribution in [1.82, 2.24) is 5.32 Å². The summed E-state index contributed by atoms with van der Waals surface area (Å²) in [5.74, 6) is 0. The maximum absolute atomic E-state index is 3.82. The molecule has 0 bridgehead atoms. The fraction of sp³-hybridized carbons (Fsp3) is 0.600. The van der Waals surface area contributed by atoms with Crippen LogP contribution in [0.4, 0.5) is 5.69 Å². The molecule has 19 heavy (non-hydrogen) atoms. The van der Waals surface area contributed by atoms with Crippen molar-refractivity contribution < 1.29 is 0 Å². The number of hydrogen-bond acceptors (Lipinski definition) is 2. The molecule has 0 unspecified atom stereocenters. The number of para-hydroxylation sites is 1. The highest BCUT2D eigenvalue weighted by atomic mass is 79.9. The van der Waals surface area contributed by atoms with Gasteiger partial charge >= 0.3 is 0 Å². The Morgan fingerprint density at radius 2 is 1.74 bits per heavy atom. The molecule has 0 atom stereocenters. The number of anilines is 1. The van der Waals surface area contributed by atoms with Gasteiger partial charge in [-0.2, -0.15) is 0 Å². The molecule has 1 spiro atoms. The average molecular weight is 388 g/mol. The summed E-state index contributed by atoms with van der Waals surface area (Å²) in [4.78, 5) is 2.56. The molecule has 104 valence electrons. The first kappa shape index (κ1) is 13.9. The van der Waals surface area contributed by atoms with Crippen LogP contribution in [-0.2, 0) is 0 Å². The van der Waals surface area contributed by atoms with Crippen molar-refractivity contribution in [3.05, 3.63) is 27.1 Å². The predicted octanol–water partition coefficient (Wildman–Crippen LogP) is 4.32. The minimum atomic E-state index is 0.352. The minimum Gasteiger partial charge on any atom is -0.368 e. The fourth-order valence-electron chi connectivity index (χ4n) is 3.49. The maximum atomic E-state index is 3.82. The highest BCUT2D eigenvalue weighted by molar-refractivity contribution is 9.11. The van der Waals surface area contributed by atoms with Gasteiger partial charge in [0.25, 0.3) is 0 Å². The molecule has 2 fully saturated rings. The normalized spacial score (nSPS) is 22.7. The van der Waals surface area contributed by atoms with Crippen molar-refractivity contribution in [2.75, 3.05) is 24.5 Å². The second kappa shape index (κ2) is 5.74. The maximum Gasteiger partial charge on any atom is 0.0655 e. The second-order valence-electron chi connectivity index (χ2n) is 5.76. The number of halogens is 2. The van der Waals surface area contributed by atoms with Gasteiger partial charge in [0.1, 0.15) is 0 Å². The van der Waals surface area contributed by atoms with Crippen molar-refractivity contribution >= 4 is 37.5 Å². The van der Waals surface area contributed by atoms with Crippen LogP contribution in [0.15, 0.2) is 27.1 Å². The first-order valence-corrected chi connectivity index (χ1v) is 8.73. The van der Waals surface area contributed by atoms with Crippen LogP contribution in [0, 0.1) is 0 Å². The van der Waals surface area contributed by atoms with Gasteiger partial charge in [-0.25, -0.2) is 0 Å². The third-order valence-corrected chi connectivity index (χ3v) is 5.69. The Hall–Kier alpha value is -0.0600. The lowest BCUT2D eigenvalue weighted by Gasteiger charge is -2.35. The summed E-state index contributed by atoms with van der Waals surface area (Å²) in [6.45, 7) is 3.42. The quantitative estimate of drug-likeness (QED) is 0.771. The Labute approximate surface area is 132 Å². The van der Waals surface area contributed by atoms with E-state index in [1.165, 1.54) is 46.7 Å². The Bertz CT molecular complexity index is 435. The summed E-state index contributed by atoms with van der Waals surface area (Å²) >= 11 is 7.43. The lowest BCUT2D eigenvalue weighted by molar-refractivity contribution is 0.354. The van der Waals surface area contributed by atoms with Gasteiger partial charge in [-0.1, -0.05) is 18.9 Å². The predicted molar refractivity (Wildman–Crippen MR) is 87.9 cm³/mol. The van der Waals surface area contributed by atoms with E-state index in [1.807, 2.05) is 0 Å². The third kappa shape index (κ3) is 2.86. The molecule has 1 saturated carbocycles. The third-order valence-electron chi connectivity index (χ3n) is 4.41. The van der Waals surface area contributed by atoms with E-state index in [-0.39, 0.29) is 0 Å². The Morgan fingerprint density at radius 3 is 2.42 bits per heavy atom. The minimum absolute atomic E-state index is 0.352. The van der Waals surface area contributed by atoms with Crippen molar-refractivity contribution in [3.8, 4) is 0 Å². The molecule has 0 radical (unpaired) electrons. The largest absolute Gasteiger partial charge is 0.368 e. The molecule has 1 aromatic carbocycles. The summed E-state index contributed by atoms with van der Waals surface area (Å²) in [6, 6.07) is 6.36. The molecule has 3 rings (SSSR count). The summed E-state index contributed by atoms with van der Waals surface area (Å²) < 4.78 is 2.38. The van der Waals surface area contributed by atoms with Gasteiger partial charge in [-0.3, -0.25) is 0 Å². The summed E-state index contributed by atoms with van der Waals surface area (Å²) in [6.07, 6.45) is 6.61. The van der Waals surface area contributed by atoms with E-state index in [9.17, 15) is 0 Å². The number of hydrogen-bond donors (Lipinski definition) is 1. The van der Waals surface area contributed by atoms with E-state index in [4.69, 9.17) is 0 Å².